The van der Waals surface area contributed by atoms with Crippen molar-refractivity contribution in [3.63, 3.8) is 0 Å². The van der Waals surface area contributed by atoms with Gasteiger partial charge < -0.3 is 19.5 Å². The molecule has 0 aliphatic heterocycles. The molecule has 0 bridgehead atoms. The SMILES string of the molecule is CNC(COCCOCCCOC)c1cccc(C)c1. The van der Waals surface area contributed by atoms with E-state index in [4.69, 9.17) is 14.2 Å². The molecule has 0 saturated heterocycles. The summed E-state index contributed by atoms with van der Waals surface area (Å²) in [6.07, 6.45) is 0.929. The minimum absolute atomic E-state index is 0.225. The molecule has 114 valence electrons. The Kier molecular flexibility index (Phi) is 9.24. The topological polar surface area (TPSA) is 39.7 Å². The first-order chi connectivity index (χ1) is 9.77. The van der Waals surface area contributed by atoms with E-state index >= 15 is 0 Å². The summed E-state index contributed by atoms with van der Waals surface area (Å²) in [4.78, 5) is 0. The second-order valence-corrected chi connectivity index (χ2v) is 4.79. The fraction of sp³-hybridized carbons (Fsp3) is 0.625. The van der Waals surface area contributed by atoms with Crippen LogP contribution in [0.1, 0.15) is 23.6 Å². The molecule has 1 aromatic rings. The second-order valence-electron chi connectivity index (χ2n) is 4.79. The number of benzene rings is 1. The van der Waals surface area contributed by atoms with Gasteiger partial charge in [0.05, 0.1) is 25.9 Å². The molecule has 1 atom stereocenters. The largest absolute Gasteiger partial charge is 0.385 e. The molecular formula is C16H27NO3. The van der Waals surface area contributed by atoms with E-state index in [1.165, 1.54) is 11.1 Å². The van der Waals surface area contributed by atoms with E-state index in [9.17, 15) is 0 Å². The van der Waals surface area contributed by atoms with Crippen LogP contribution in [0.2, 0.25) is 0 Å². The van der Waals surface area contributed by atoms with Crippen LogP contribution in [0.15, 0.2) is 24.3 Å². The molecule has 4 nitrogen and oxygen atoms in total. The van der Waals surface area contributed by atoms with Gasteiger partial charge in [-0.3, -0.25) is 0 Å². The smallest absolute Gasteiger partial charge is 0.0701 e. The summed E-state index contributed by atoms with van der Waals surface area (Å²) in [5.41, 5.74) is 2.53. The third-order valence-electron chi connectivity index (χ3n) is 3.09. The van der Waals surface area contributed by atoms with Crippen LogP contribution in [0.3, 0.4) is 0 Å². The Morgan fingerprint density at radius 2 is 1.90 bits per heavy atom. The predicted octanol–water partition coefficient (Wildman–Crippen LogP) is 2.33. The summed E-state index contributed by atoms with van der Waals surface area (Å²) in [5, 5.41) is 3.28. The predicted molar refractivity (Wildman–Crippen MR) is 81.1 cm³/mol. The molecule has 0 fully saturated rings. The van der Waals surface area contributed by atoms with Crippen molar-refractivity contribution >= 4 is 0 Å². The molecule has 0 saturated carbocycles. The van der Waals surface area contributed by atoms with Crippen LogP contribution in [-0.4, -0.2) is 47.2 Å². The van der Waals surface area contributed by atoms with Gasteiger partial charge in [-0.25, -0.2) is 0 Å². The van der Waals surface area contributed by atoms with Gasteiger partial charge in [0.15, 0.2) is 0 Å². The number of hydrogen-bond donors (Lipinski definition) is 1. The summed E-state index contributed by atoms with van der Waals surface area (Å²) in [5.74, 6) is 0. The van der Waals surface area contributed by atoms with Gasteiger partial charge >= 0.3 is 0 Å². The van der Waals surface area contributed by atoms with Crippen molar-refractivity contribution in [2.75, 3.05) is 47.2 Å². The van der Waals surface area contributed by atoms with Gasteiger partial charge in [0.25, 0.3) is 0 Å². The molecule has 0 amide bonds. The van der Waals surface area contributed by atoms with Crippen LogP contribution in [0, 0.1) is 6.92 Å². The maximum absolute atomic E-state index is 5.67. The lowest BCUT2D eigenvalue weighted by atomic mass is 10.1. The Hall–Kier alpha value is -0.940. The number of hydrogen-bond acceptors (Lipinski definition) is 4. The fourth-order valence-electron chi connectivity index (χ4n) is 1.96. The number of nitrogens with one attached hydrogen (secondary N) is 1. The molecule has 0 heterocycles. The number of likely N-dealkylation sites (N-methyl/N-ethyl adjacent to an activating group) is 1. The zero-order valence-corrected chi connectivity index (χ0v) is 12.9. The third kappa shape index (κ3) is 7.01. The normalized spacial score (nSPS) is 12.6. The van der Waals surface area contributed by atoms with Crippen LogP contribution >= 0.6 is 0 Å². The van der Waals surface area contributed by atoms with Gasteiger partial charge in [-0.15, -0.1) is 0 Å². The Balaban J connectivity index is 2.16. The number of rotatable bonds is 11. The lowest BCUT2D eigenvalue weighted by Crippen LogP contribution is -2.23. The van der Waals surface area contributed by atoms with Gasteiger partial charge in [-0.2, -0.15) is 0 Å². The molecule has 0 aliphatic carbocycles. The average molecular weight is 281 g/mol. The highest BCUT2D eigenvalue weighted by atomic mass is 16.5. The van der Waals surface area contributed by atoms with Gasteiger partial charge in [-0.1, -0.05) is 29.8 Å². The number of methoxy groups -OCH3 is 1. The summed E-state index contributed by atoms with van der Waals surface area (Å²) < 4.78 is 16.1. The first-order valence-electron chi connectivity index (χ1n) is 7.16. The molecule has 1 rings (SSSR count). The van der Waals surface area contributed by atoms with E-state index in [0.717, 1.165) is 19.6 Å². The molecule has 4 heteroatoms. The summed E-state index contributed by atoms with van der Waals surface area (Å²) in [6, 6.07) is 8.71. The molecule has 0 spiro atoms. The van der Waals surface area contributed by atoms with Gasteiger partial charge in [-0.05, 0) is 26.0 Å². The maximum atomic E-state index is 5.67. The Labute approximate surface area is 122 Å². The number of aryl methyl sites for hydroxylation is 1. The van der Waals surface area contributed by atoms with E-state index in [0.29, 0.717) is 19.8 Å². The third-order valence-corrected chi connectivity index (χ3v) is 3.09. The van der Waals surface area contributed by atoms with Crippen LogP contribution in [0.4, 0.5) is 0 Å². The van der Waals surface area contributed by atoms with E-state index in [2.05, 4.69) is 36.5 Å². The van der Waals surface area contributed by atoms with Gasteiger partial charge in [0.1, 0.15) is 0 Å². The molecule has 1 aromatic carbocycles. The van der Waals surface area contributed by atoms with Crippen molar-refractivity contribution in [1.82, 2.24) is 5.32 Å². The van der Waals surface area contributed by atoms with Crippen LogP contribution in [0.25, 0.3) is 0 Å². The van der Waals surface area contributed by atoms with E-state index < -0.39 is 0 Å². The lowest BCUT2D eigenvalue weighted by molar-refractivity contribution is 0.0330. The van der Waals surface area contributed by atoms with Crippen LogP contribution in [0.5, 0.6) is 0 Å². The summed E-state index contributed by atoms with van der Waals surface area (Å²) >= 11 is 0. The highest BCUT2D eigenvalue weighted by Gasteiger charge is 2.08. The fourth-order valence-corrected chi connectivity index (χ4v) is 1.96. The minimum Gasteiger partial charge on any atom is -0.385 e. The Morgan fingerprint density at radius 3 is 2.60 bits per heavy atom. The van der Waals surface area contributed by atoms with Crippen LogP contribution < -0.4 is 5.32 Å². The molecule has 0 aromatic heterocycles. The average Bonchev–Trinajstić information content (AvgIpc) is 2.46. The summed E-state index contributed by atoms with van der Waals surface area (Å²) in [6.45, 7) is 5.48. The van der Waals surface area contributed by atoms with Crippen molar-refractivity contribution in [3.05, 3.63) is 35.4 Å². The zero-order chi connectivity index (χ0) is 14.6. The Bertz CT molecular complexity index is 357. The quantitative estimate of drug-likeness (QED) is 0.632. The van der Waals surface area contributed by atoms with Gasteiger partial charge in [0.2, 0.25) is 0 Å². The van der Waals surface area contributed by atoms with Crippen molar-refractivity contribution < 1.29 is 14.2 Å². The minimum atomic E-state index is 0.225. The summed E-state index contributed by atoms with van der Waals surface area (Å²) in [7, 11) is 3.66. The van der Waals surface area contributed by atoms with Gasteiger partial charge in [0, 0.05) is 20.3 Å². The van der Waals surface area contributed by atoms with Crippen molar-refractivity contribution in [1.29, 1.82) is 0 Å². The molecular weight excluding hydrogens is 254 g/mol. The molecule has 0 aliphatic rings. The molecule has 1 unspecified atom stereocenters. The molecule has 20 heavy (non-hydrogen) atoms. The van der Waals surface area contributed by atoms with Crippen molar-refractivity contribution in [2.45, 2.75) is 19.4 Å². The standard InChI is InChI=1S/C16H27NO3/c1-14-6-4-7-15(12-14)16(17-2)13-20-11-10-19-9-5-8-18-3/h4,6-7,12,16-17H,5,8-11,13H2,1-3H3. The highest BCUT2D eigenvalue weighted by molar-refractivity contribution is 5.25. The first kappa shape index (κ1) is 17.1. The molecule has 1 N–H and O–H groups in total. The lowest BCUT2D eigenvalue weighted by Gasteiger charge is -2.17. The maximum Gasteiger partial charge on any atom is 0.0701 e. The highest BCUT2D eigenvalue weighted by Crippen LogP contribution is 2.14. The number of ether oxygens (including phenoxy) is 3. The van der Waals surface area contributed by atoms with E-state index in [1.54, 1.807) is 7.11 Å². The van der Waals surface area contributed by atoms with Crippen LogP contribution in [-0.2, 0) is 14.2 Å². The van der Waals surface area contributed by atoms with E-state index in [1.807, 2.05) is 7.05 Å². The molecule has 0 radical (unpaired) electrons. The second kappa shape index (κ2) is 10.8. The monoisotopic (exact) mass is 281 g/mol. The van der Waals surface area contributed by atoms with Crippen molar-refractivity contribution in [3.8, 4) is 0 Å². The Morgan fingerprint density at radius 1 is 1.10 bits per heavy atom. The zero-order valence-electron chi connectivity index (χ0n) is 12.9. The van der Waals surface area contributed by atoms with Crippen molar-refractivity contribution in [2.24, 2.45) is 0 Å². The van der Waals surface area contributed by atoms with E-state index in [-0.39, 0.29) is 6.04 Å². The first-order valence-corrected chi connectivity index (χ1v) is 7.16.